The van der Waals surface area contributed by atoms with Crippen molar-refractivity contribution >= 4 is 16.8 Å². The molecule has 1 aromatic heterocycles. The maximum absolute atomic E-state index is 13.5. The zero-order chi connectivity index (χ0) is 16.7. The van der Waals surface area contributed by atoms with Crippen LogP contribution >= 0.6 is 0 Å². The highest BCUT2D eigenvalue weighted by Crippen LogP contribution is 2.25. The minimum absolute atomic E-state index is 0.00306. The van der Waals surface area contributed by atoms with Gasteiger partial charge in [0.2, 0.25) is 0 Å². The molecule has 2 aromatic rings. The van der Waals surface area contributed by atoms with Crippen LogP contribution in [0.15, 0.2) is 24.3 Å². The summed E-state index contributed by atoms with van der Waals surface area (Å²) in [5.41, 5.74) is 1.87. The highest BCUT2D eigenvalue weighted by Gasteiger charge is 2.34. The van der Waals surface area contributed by atoms with Crippen LogP contribution in [0.4, 0.5) is 4.39 Å². The van der Waals surface area contributed by atoms with Gasteiger partial charge < -0.3 is 9.80 Å². The number of aromatic nitrogens is 1. The highest BCUT2D eigenvalue weighted by atomic mass is 19.1. The number of pyridine rings is 1. The number of hydrogen-bond acceptors (Lipinski definition) is 3. The van der Waals surface area contributed by atoms with E-state index in [0.717, 1.165) is 18.8 Å². The van der Waals surface area contributed by atoms with Crippen LogP contribution in [0.3, 0.4) is 0 Å². The second kappa shape index (κ2) is 5.89. The number of aryl methyl sites for hydroxylation is 1. The molecule has 0 aliphatic carbocycles. The topological polar surface area (TPSA) is 36.4 Å². The number of benzene rings is 1. The average molecular weight is 315 g/mol. The lowest BCUT2D eigenvalue weighted by Crippen LogP contribution is -2.35. The van der Waals surface area contributed by atoms with Gasteiger partial charge in [0.15, 0.2) is 0 Å². The Morgan fingerprint density at radius 3 is 2.70 bits per heavy atom. The van der Waals surface area contributed by atoms with Gasteiger partial charge in [-0.2, -0.15) is 0 Å². The molecule has 2 heterocycles. The number of rotatable bonds is 2. The van der Waals surface area contributed by atoms with Crippen LogP contribution in [-0.4, -0.2) is 53.9 Å². The van der Waals surface area contributed by atoms with Crippen LogP contribution in [0.5, 0.6) is 0 Å². The van der Waals surface area contributed by atoms with Crippen LogP contribution in [-0.2, 0) is 0 Å². The molecule has 1 saturated heterocycles. The molecule has 4 nitrogen and oxygen atoms in total. The molecule has 1 aromatic carbocycles. The monoisotopic (exact) mass is 315 g/mol. The second-order valence-electron chi connectivity index (χ2n) is 6.69. The summed E-state index contributed by atoms with van der Waals surface area (Å²) < 4.78 is 13.5. The molecular formula is C18H22FN3O. The van der Waals surface area contributed by atoms with Crippen LogP contribution in [0.25, 0.3) is 10.9 Å². The molecule has 122 valence electrons. The van der Waals surface area contributed by atoms with Gasteiger partial charge in [0, 0.05) is 36.3 Å². The first-order chi connectivity index (χ1) is 10.9. The molecule has 0 bridgehead atoms. The quantitative estimate of drug-likeness (QED) is 0.855. The summed E-state index contributed by atoms with van der Waals surface area (Å²) in [6.45, 7) is 5.46. The van der Waals surface area contributed by atoms with Gasteiger partial charge in [-0.05, 0) is 45.1 Å². The van der Waals surface area contributed by atoms with Crippen molar-refractivity contribution in [1.82, 2.24) is 14.8 Å². The number of fused-ring (bicyclic) bond motifs is 1. The molecule has 1 aliphatic heterocycles. The molecule has 1 aliphatic rings. The van der Waals surface area contributed by atoms with Crippen molar-refractivity contribution < 1.29 is 9.18 Å². The van der Waals surface area contributed by atoms with Crippen molar-refractivity contribution in [2.45, 2.75) is 19.9 Å². The van der Waals surface area contributed by atoms with Crippen molar-refractivity contribution in [3.8, 4) is 0 Å². The third-order valence-corrected chi connectivity index (χ3v) is 4.65. The molecular weight excluding hydrogens is 293 g/mol. The van der Waals surface area contributed by atoms with Crippen LogP contribution in [0.1, 0.15) is 23.0 Å². The number of amides is 1. The van der Waals surface area contributed by atoms with Crippen molar-refractivity contribution in [3.63, 3.8) is 0 Å². The molecule has 3 rings (SSSR count). The molecule has 0 saturated carbocycles. The highest BCUT2D eigenvalue weighted by molar-refractivity contribution is 6.06. The number of likely N-dealkylation sites (tertiary alicyclic amines) is 1. The van der Waals surface area contributed by atoms with Gasteiger partial charge in [-0.3, -0.25) is 9.78 Å². The van der Waals surface area contributed by atoms with E-state index in [1.165, 1.54) is 12.1 Å². The van der Waals surface area contributed by atoms with E-state index in [2.05, 4.69) is 16.8 Å². The van der Waals surface area contributed by atoms with Crippen LogP contribution < -0.4 is 0 Å². The predicted molar refractivity (Wildman–Crippen MR) is 89.0 cm³/mol. The minimum Gasteiger partial charge on any atom is -0.337 e. The van der Waals surface area contributed by atoms with Gasteiger partial charge in [0.05, 0.1) is 11.1 Å². The van der Waals surface area contributed by atoms with Crippen molar-refractivity contribution in [1.29, 1.82) is 0 Å². The Bertz CT molecular complexity index is 754. The summed E-state index contributed by atoms with van der Waals surface area (Å²) in [7, 11) is 4.09. The lowest BCUT2D eigenvalue weighted by molar-refractivity contribution is 0.0783. The lowest BCUT2D eigenvalue weighted by Gasteiger charge is -2.22. The smallest absolute Gasteiger partial charge is 0.254 e. The molecule has 0 unspecified atom stereocenters. The molecule has 1 amide bonds. The number of likely N-dealkylation sites (N-methyl/N-ethyl adjacent to an activating group) is 1. The molecule has 23 heavy (non-hydrogen) atoms. The molecule has 5 heteroatoms. The first-order valence-corrected chi connectivity index (χ1v) is 7.89. The van der Waals surface area contributed by atoms with E-state index in [4.69, 9.17) is 0 Å². The number of halogens is 1. The Labute approximate surface area is 135 Å². The van der Waals surface area contributed by atoms with Crippen LogP contribution in [0, 0.1) is 18.7 Å². The maximum atomic E-state index is 13.5. The SMILES string of the molecule is Cc1cc(C(=O)N2C[C@@H](C)[C@@H](N(C)C)C2)c2ccc(F)cc2n1. The fourth-order valence-corrected chi connectivity index (χ4v) is 3.47. The van der Waals surface area contributed by atoms with Crippen molar-refractivity contribution in [3.05, 3.63) is 41.3 Å². The molecule has 0 radical (unpaired) electrons. The Hall–Kier alpha value is -2.01. The molecule has 1 fully saturated rings. The Morgan fingerprint density at radius 1 is 1.30 bits per heavy atom. The molecule has 0 N–H and O–H groups in total. The minimum atomic E-state index is -0.337. The van der Waals surface area contributed by atoms with Gasteiger partial charge in [-0.25, -0.2) is 4.39 Å². The first-order valence-electron chi connectivity index (χ1n) is 7.89. The zero-order valence-corrected chi connectivity index (χ0v) is 14.0. The van der Waals surface area contributed by atoms with Crippen molar-refractivity contribution in [2.24, 2.45) is 5.92 Å². The van der Waals surface area contributed by atoms with E-state index in [-0.39, 0.29) is 11.7 Å². The first kappa shape index (κ1) is 15.9. The fraction of sp³-hybridized carbons (Fsp3) is 0.444. The van der Waals surface area contributed by atoms with Gasteiger partial charge in [-0.1, -0.05) is 6.92 Å². The summed E-state index contributed by atoms with van der Waals surface area (Å²) in [6.07, 6.45) is 0. The Kier molecular flexibility index (Phi) is 4.06. The van der Waals surface area contributed by atoms with E-state index < -0.39 is 0 Å². The second-order valence-corrected chi connectivity index (χ2v) is 6.69. The number of hydrogen-bond donors (Lipinski definition) is 0. The fourth-order valence-electron chi connectivity index (χ4n) is 3.47. The summed E-state index contributed by atoms with van der Waals surface area (Å²) in [4.78, 5) is 21.4. The lowest BCUT2D eigenvalue weighted by atomic mass is 10.1. The maximum Gasteiger partial charge on any atom is 0.254 e. The summed E-state index contributed by atoms with van der Waals surface area (Å²) in [6, 6.07) is 6.58. The largest absolute Gasteiger partial charge is 0.337 e. The third-order valence-electron chi connectivity index (χ3n) is 4.65. The number of carbonyl (C=O) groups excluding carboxylic acids is 1. The van der Waals surface area contributed by atoms with E-state index >= 15 is 0 Å². The molecule has 0 spiro atoms. The number of nitrogens with zero attached hydrogens (tertiary/aromatic N) is 3. The number of carbonyl (C=O) groups is 1. The van der Waals surface area contributed by atoms with E-state index in [0.29, 0.717) is 28.4 Å². The van der Waals surface area contributed by atoms with E-state index in [1.807, 2.05) is 25.9 Å². The summed E-state index contributed by atoms with van der Waals surface area (Å²) in [5.74, 6) is 0.0976. The Balaban J connectivity index is 1.99. The molecule has 2 atom stereocenters. The van der Waals surface area contributed by atoms with Gasteiger partial charge in [-0.15, -0.1) is 0 Å². The average Bonchev–Trinajstić information content (AvgIpc) is 2.87. The van der Waals surface area contributed by atoms with Gasteiger partial charge >= 0.3 is 0 Å². The van der Waals surface area contributed by atoms with Gasteiger partial charge in [0.25, 0.3) is 5.91 Å². The summed E-state index contributed by atoms with van der Waals surface area (Å²) in [5, 5.41) is 0.711. The normalized spacial score (nSPS) is 21.4. The van der Waals surface area contributed by atoms with Crippen molar-refractivity contribution in [2.75, 3.05) is 27.2 Å². The Morgan fingerprint density at radius 2 is 2.04 bits per heavy atom. The van der Waals surface area contributed by atoms with E-state index in [1.54, 1.807) is 12.1 Å². The third kappa shape index (κ3) is 2.93. The zero-order valence-electron chi connectivity index (χ0n) is 14.0. The summed E-state index contributed by atoms with van der Waals surface area (Å²) >= 11 is 0. The standard InChI is InChI=1S/C18H22FN3O/c1-11-9-22(10-17(11)21(3)4)18(23)15-7-12(2)20-16-8-13(19)5-6-14(15)16/h5-8,11,17H,9-10H2,1-4H3/t11-,17+/m1/s1. The predicted octanol–water partition coefficient (Wildman–Crippen LogP) is 2.70. The van der Waals surface area contributed by atoms with Crippen LogP contribution in [0.2, 0.25) is 0 Å². The van der Waals surface area contributed by atoms with Gasteiger partial charge in [0.1, 0.15) is 5.82 Å². The van der Waals surface area contributed by atoms with E-state index in [9.17, 15) is 9.18 Å².